The molecule has 2 rings (SSSR count). The number of methoxy groups -OCH3 is 1. The van der Waals surface area contributed by atoms with E-state index in [1.54, 1.807) is 17.5 Å². The average molecular weight is 426 g/mol. The lowest BCUT2D eigenvalue weighted by atomic mass is 10.1. The summed E-state index contributed by atoms with van der Waals surface area (Å²) in [6, 6.07) is 3.25. The molecule has 0 radical (unpaired) electrons. The van der Waals surface area contributed by atoms with Crippen LogP contribution in [0.25, 0.3) is 0 Å². The Labute approximate surface area is 168 Å². The molecule has 11 heteroatoms. The van der Waals surface area contributed by atoms with Crippen LogP contribution in [-0.4, -0.2) is 50.7 Å². The van der Waals surface area contributed by atoms with Crippen LogP contribution in [0.4, 0.5) is 5.00 Å². The summed E-state index contributed by atoms with van der Waals surface area (Å²) >= 11 is 2.03. The lowest BCUT2D eigenvalue weighted by molar-refractivity contribution is -0.119. The van der Waals surface area contributed by atoms with Crippen molar-refractivity contribution in [3.8, 4) is 0 Å². The Morgan fingerprint density at radius 3 is 2.50 bits per heavy atom. The summed E-state index contributed by atoms with van der Waals surface area (Å²) in [7, 11) is 1.46. The number of carbonyl (C=O) groups excluding carboxylic acids is 4. The predicted molar refractivity (Wildman–Crippen MR) is 103 cm³/mol. The van der Waals surface area contributed by atoms with Gasteiger partial charge in [0.15, 0.2) is 6.61 Å². The third-order valence-electron chi connectivity index (χ3n) is 3.40. The molecule has 0 bridgehead atoms. The van der Waals surface area contributed by atoms with E-state index in [0.29, 0.717) is 10.4 Å². The largest absolute Gasteiger partial charge is 0.460 e. The fourth-order valence-corrected chi connectivity index (χ4v) is 3.81. The maximum absolute atomic E-state index is 12.3. The number of ether oxygens (including phenoxy) is 3. The molecular weight excluding hydrogens is 408 g/mol. The fraction of sp³-hybridized carbons (Fsp3) is 0.294. The van der Waals surface area contributed by atoms with Gasteiger partial charge in [0, 0.05) is 7.11 Å². The number of esters is 2. The van der Waals surface area contributed by atoms with Crippen LogP contribution in [0.3, 0.4) is 0 Å². The van der Waals surface area contributed by atoms with Crippen molar-refractivity contribution in [3.63, 3.8) is 0 Å². The van der Waals surface area contributed by atoms with Crippen molar-refractivity contribution in [3.05, 3.63) is 38.4 Å². The van der Waals surface area contributed by atoms with Crippen LogP contribution < -0.4 is 11.1 Å². The van der Waals surface area contributed by atoms with Crippen molar-refractivity contribution in [1.29, 1.82) is 0 Å². The molecule has 3 N–H and O–H groups in total. The zero-order chi connectivity index (χ0) is 20.7. The Morgan fingerprint density at radius 1 is 1.14 bits per heavy atom. The fourth-order valence-electron chi connectivity index (χ4n) is 2.13. The number of rotatable bonds is 9. The van der Waals surface area contributed by atoms with Crippen LogP contribution >= 0.6 is 22.7 Å². The molecule has 2 aromatic heterocycles. The minimum atomic E-state index is -0.738. The molecule has 0 aliphatic heterocycles. The molecule has 2 heterocycles. The number of amides is 2. The highest BCUT2D eigenvalue weighted by molar-refractivity contribution is 7.18. The van der Waals surface area contributed by atoms with Gasteiger partial charge in [-0.1, -0.05) is 6.07 Å². The molecular formula is C17H18N2O7S2. The maximum atomic E-state index is 12.3. The topological polar surface area (TPSA) is 134 Å². The molecule has 0 unspecified atom stereocenters. The smallest absolute Gasteiger partial charge is 0.348 e. The van der Waals surface area contributed by atoms with Crippen LogP contribution in [0.5, 0.6) is 0 Å². The Morgan fingerprint density at radius 2 is 1.89 bits per heavy atom. The second-order valence-corrected chi connectivity index (χ2v) is 7.32. The Balaban J connectivity index is 2.11. The third-order valence-corrected chi connectivity index (χ3v) is 5.48. The van der Waals surface area contributed by atoms with Gasteiger partial charge in [0.05, 0.1) is 17.0 Å². The van der Waals surface area contributed by atoms with Crippen LogP contribution in [0, 0.1) is 6.92 Å². The summed E-state index contributed by atoms with van der Waals surface area (Å²) in [5, 5.41) is 4.26. The van der Waals surface area contributed by atoms with Gasteiger partial charge in [-0.2, -0.15) is 0 Å². The summed E-state index contributed by atoms with van der Waals surface area (Å²) in [5.74, 6) is -2.78. The molecule has 150 valence electrons. The van der Waals surface area contributed by atoms with Gasteiger partial charge in [0.2, 0.25) is 0 Å². The van der Waals surface area contributed by atoms with E-state index in [2.05, 4.69) is 5.32 Å². The van der Waals surface area contributed by atoms with Crippen molar-refractivity contribution in [2.24, 2.45) is 5.73 Å². The number of carbonyl (C=O) groups is 4. The second kappa shape index (κ2) is 9.97. The van der Waals surface area contributed by atoms with Gasteiger partial charge in [-0.15, -0.1) is 22.7 Å². The van der Waals surface area contributed by atoms with Gasteiger partial charge in [0.25, 0.3) is 11.8 Å². The summed E-state index contributed by atoms with van der Waals surface area (Å²) in [6.07, 6.45) is 0. The minimum absolute atomic E-state index is 0.00232. The van der Waals surface area contributed by atoms with Crippen LogP contribution in [-0.2, 0) is 19.0 Å². The van der Waals surface area contributed by atoms with E-state index in [1.165, 1.54) is 25.4 Å². The van der Waals surface area contributed by atoms with Crippen molar-refractivity contribution in [2.45, 2.75) is 6.92 Å². The number of nitrogens with two attached hydrogens (primary N) is 1. The molecule has 0 spiro atoms. The zero-order valence-corrected chi connectivity index (χ0v) is 16.7. The van der Waals surface area contributed by atoms with Gasteiger partial charge in [-0.25, -0.2) is 9.59 Å². The highest BCUT2D eigenvalue weighted by Crippen LogP contribution is 2.33. The number of nitrogens with one attached hydrogen (secondary N) is 1. The number of hydrogen-bond donors (Lipinski definition) is 2. The normalized spacial score (nSPS) is 10.4. The molecule has 0 aliphatic rings. The lowest BCUT2D eigenvalue weighted by Crippen LogP contribution is -2.21. The first kappa shape index (κ1) is 21.5. The first-order valence-electron chi connectivity index (χ1n) is 7.94. The molecule has 2 amide bonds. The third kappa shape index (κ3) is 5.38. The van der Waals surface area contributed by atoms with E-state index in [1.807, 2.05) is 0 Å². The van der Waals surface area contributed by atoms with Crippen molar-refractivity contribution >= 4 is 51.4 Å². The highest BCUT2D eigenvalue weighted by Gasteiger charge is 2.26. The minimum Gasteiger partial charge on any atom is -0.460 e. The monoisotopic (exact) mass is 426 g/mol. The molecule has 28 heavy (non-hydrogen) atoms. The Hall–Kier alpha value is -2.76. The number of thiophene rings is 2. The molecule has 9 nitrogen and oxygen atoms in total. The number of primary amides is 1. The summed E-state index contributed by atoms with van der Waals surface area (Å²) in [5.41, 5.74) is 5.64. The quantitative estimate of drug-likeness (QED) is 0.461. The zero-order valence-electron chi connectivity index (χ0n) is 15.1. The standard InChI is InChI=1S/C17H18N2O7S2/c1-9-12(17(23)25-6-5-24-2)15(28-13(9)14(18)21)19-11(20)8-26-16(22)10-4-3-7-27-10/h3-4,7H,5-6,8H2,1-2H3,(H2,18,21)(H,19,20). The van der Waals surface area contributed by atoms with E-state index >= 15 is 0 Å². The molecule has 0 saturated heterocycles. The van der Waals surface area contributed by atoms with E-state index in [4.69, 9.17) is 19.9 Å². The molecule has 0 atom stereocenters. The van der Waals surface area contributed by atoms with Crippen LogP contribution in [0.2, 0.25) is 0 Å². The Bertz CT molecular complexity index is 874. The number of hydrogen-bond acceptors (Lipinski definition) is 9. The van der Waals surface area contributed by atoms with E-state index in [9.17, 15) is 19.2 Å². The van der Waals surface area contributed by atoms with Gasteiger partial charge in [0.1, 0.15) is 16.5 Å². The van der Waals surface area contributed by atoms with Gasteiger partial charge in [-0.3, -0.25) is 9.59 Å². The molecule has 0 aliphatic carbocycles. The van der Waals surface area contributed by atoms with Gasteiger partial charge in [-0.05, 0) is 23.9 Å². The average Bonchev–Trinajstić information content (AvgIpc) is 3.28. The van der Waals surface area contributed by atoms with Gasteiger partial charge < -0.3 is 25.3 Å². The van der Waals surface area contributed by atoms with E-state index in [0.717, 1.165) is 11.3 Å². The maximum Gasteiger partial charge on any atom is 0.348 e. The van der Waals surface area contributed by atoms with Crippen molar-refractivity contribution in [2.75, 3.05) is 32.2 Å². The summed E-state index contributed by atoms with van der Waals surface area (Å²) in [6.45, 7) is 1.16. The van der Waals surface area contributed by atoms with E-state index < -0.39 is 30.4 Å². The predicted octanol–water partition coefficient (Wildman–Crippen LogP) is 1.82. The number of anilines is 1. The van der Waals surface area contributed by atoms with Crippen LogP contribution in [0.1, 0.15) is 35.3 Å². The molecule has 0 saturated carbocycles. The first-order chi connectivity index (χ1) is 13.3. The molecule has 0 aromatic carbocycles. The van der Waals surface area contributed by atoms with Gasteiger partial charge >= 0.3 is 11.9 Å². The van der Waals surface area contributed by atoms with Crippen LogP contribution in [0.15, 0.2) is 17.5 Å². The molecule has 2 aromatic rings. The Kier molecular flexibility index (Phi) is 7.67. The second-order valence-electron chi connectivity index (χ2n) is 5.35. The lowest BCUT2D eigenvalue weighted by Gasteiger charge is -2.08. The van der Waals surface area contributed by atoms with Crippen molar-refractivity contribution < 1.29 is 33.4 Å². The van der Waals surface area contributed by atoms with Crippen molar-refractivity contribution in [1.82, 2.24) is 0 Å². The SMILES string of the molecule is COCCOC(=O)c1c(NC(=O)COC(=O)c2cccs2)sc(C(N)=O)c1C. The highest BCUT2D eigenvalue weighted by atomic mass is 32.1. The molecule has 0 fully saturated rings. The first-order valence-corrected chi connectivity index (χ1v) is 9.64. The summed E-state index contributed by atoms with van der Waals surface area (Å²) in [4.78, 5) is 48.3. The summed E-state index contributed by atoms with van der Waals surface area (Å²) < 4.78 is 14.8. The van der Waals surface area contributed by atoms with E-state index in [-0.39, 0.29) is 28.7 Å².